The van der Waals surface area contributed by atoms with Crippen molar-refractivity contribution in [1.29, 1.82) is 0 Å². The van der Waals surface area contributed by atoms with Crippen molar-refractivity contribution in [2.75, 3.05) is 20.3 Å². The van der Waals surface area contributed by atoms with E-state index in [0.717, 1.165) is 11.3 Å². The molecule has 2 heterocycles. The van der Waals surface area contributed by atoms with Gasteiger partial charge in [-0.25, -0.2) is 14.6 Å². The summed E-state index contributed by atoms with van der Waals surface area (Å²) < 4.78 is 12.2. The van der Waals surface area contributed by atoms with Gasteiger partial charge in [-0.2, -0.15) is 0 Å². The van der Waals surface area contributed by atoms with Gasteiger partial charge in [0.1, 0.15) is 18.2 Å². The third-order valence-electron chi connectivity index (χ3n) is 3.24. The van der Waals surface area contributed by atoms with Crippen molar-refractivity contribution < 1.29 is 14.6 Å². The molecule has 0 atom stereocenters. The summed E-state index contributed by atoms with van der Waals surface area (Å²) in [5.74, 6) is 1.79. The van der Waals surface area contributed by atoms with E-state index in [-0.39, 0.29) is 19.9 Å². The summed E-state index contributed by atoms with van der Waals surface area (Å²) in [5.41, 5.74) is 1.41. The highest BCUT2D eigenvalue weighted by atomic mass is 16.5. The number of methoxy groups -OCH3 is 1. The fourth-order valence-corrected chi connectivity index (χ4v) is 2.14. The molecule has 1 N–H and O–H groups in total. The van der Waals surface area contributed by atoms with Gasteiger partial charge in [-0.1, -0.05) is 12.1 Å². The SMILES string of the molecule is COc1cccc(-c2nc(-c3cnccn3)n(COCCO)n2)c1. The Morgan fingerprint density at radius 3 is 2.92 bits per heavy atom. The second-order valence-corrected chi connectivity index (χ2v) is 4.84. The molecule has 0 aliphatic heterocycles. The lowest BCUT2D eigenvalue weighted by molar-refractivity contribution is 0.0427. The molecule has 3 rings (SSSR count). The largest absolute Gasteiger partial charge is 0.497 e. The Morgan fingerprint density at radius 1 is 1.25 bits per heavy atom. The Kier molecular flexibility index (Phi) is 5.09. The van der Waals surface area contributed by atoms with E-state index >= 15 is 0 Å². The number of benzene rings is 1. The number of hydrogen-bond acceptors (Lipinski definition) is 7. The number of aliphatic hydroxyl groups is 1. The topological polar surface area (TPSA) is 95.2 Å². The van der Waals surface area contributed by atoms with Crippen molar-refractivity contribution in [2.24, 2.45) is 0 Å². The second kappa shape index (κ2) is 7.62. The third-order valence-corrected chi connectivity index (χ3v) is 3.24. The minimum absolute atomic E-state index is 0.0576. The van der Waals surface area contributed by atoms with Gasteiger partial charge in [-0.05, 0) is 12.1 Å². The van der Waals surface area contributed by atoms with Crippen LogP contribution >= 0.6 is 0 Å². The number of aliphatic hydroxyl groups excluding tert-OH is 1. The number of rotatable bonds is 7. The quantitative estimate of drug-likeness (QED) is 0.655. The molecule has 124 valence electrons. The van der Waals surface area contributed by atoms with E-state index in [1.165, 1.54) is 0 Å². The maximum absolute atomic E-state index is 8.86. The normalized spacial score (nSPS) is 10.8. The van der Waals surface area contributed by atoms with Gasteiger partial charge in [0.15, 0.2) is 11.6 Å². The fourth-order valence-electron chi connectivity index (χ4n) is 2.14. The molecule has 0 amide bonds. The van der Waals surface area contributed by atoms with E-state index in [2.05, 4.69) is 20.1 Å². The molecule has 1 aromatic carbocycles. The molecule has 3 aromatic rings. The van der Waals surface area contributed by atoms with Crippen molar-refractivity contribution >= 4 is 0 Å². The van der Waals surface area contributed by atoms with Gasteiger partial charge in [0.05, 0.1) is 26.5 Å². The highest BCUT2D eigenvalue weighted by Crippen LogP contribution is 2.24. The van der Waals surface area contributed by atoms with Gasteiger partial charge in [-0.3, -0.25) is 4.98 Å². The van der Waals surface area contributed by atoms with Crippen LogP contribution in [0.2, 0.25) is 0 Å². The fraction of sp³-hybridized carbons (Fsp3) is 0.250. The Hall–Kier alpha value is -2.84. The zero-order valence-electron chi connectivity index (χ0n) is 13.2. The zero-order valence-corrected chi connectivity index (χ0v) is 13.2. The highest BCUT2D eigenvalue weighted by Gasteiger charge is 2.15. The van der Waals surface area contributed by atoms with Crippen LogP contribution in [-0.4, -0.2) is 50.2 Å². The summed E-state index contributed by atoms with van der Waals surface area (Å²) in [7, 11) is 1.61. The molecule has 0 radical (unpaired) electrons. The van der Waals surface area contributed by atoms with E-state index in [0.29, 0.717) is 17.3 Å². The minimum atomic E-state index is -0.0576. The molecule has 24 heavy (non-hydrogen) atoms. The molecule has 0 fully saturated rings. The lowest BCUT2D eigenvalue weighted by atomic mass is 10.2. The van der Waals surface area contributed by atoms with E-state index in [1.807, 2.05) is 24.3 Å². The van der Waals surface area contributed by atoms with Crippen LogP contribution in [0.3, 0.4) is 0 Å². The predicted octanol–water partition coefficient (Wildman–Crippen LogP) is 1.38. The number of hydrogen-bond donors (Lipinski definition) is 1. The van der Waals surface area contributed by atoms with Gasteiger partial charge in [-0.15, -0.1) is 5.10 Å². The summed E-state index contributed by atoms with van der Waals surface area (Å²) in [5, 5.41) is 13.3. The first-order valence-corrected chi connectivity index (χ1v) is 7.36. The summed E-state index contributed by atoms with van der Waals surface area (Å²) in [4.78, 5) is 12.9. The van der Waals surface area contributed by atoms with Crippen LogP contribution in [-0.2, 0) is 11.5 Å². The van der Waals surface area contributed by atoms with Gasteiger partial charge >= 0.3 is 0 Å². The average Bonchev–Trinajstić information content (AvgIpc) is 3.07. The van der Waals surface area contributed by atoms with E-state index in [9.17, 15) is 0 Å². The number of aromatic nitrogens is 5. The van der Waals surface area contributed by atoms with Gasteiger partial charge in [0, 0.05) is 18.0 Å². The van der Waals surface area contributed by atoms with E-state index < -0.39 is 0 Å². The van der Waals surface area contributed by atoms with Crippen LogP contribution in [0, 0.1) is 0 Å². The van der Waals surface area contributed by atoms with Crippen LogP contribution in [0.1, 0.15) is 0 Å². The third kappa shape index (κ3) is 3.55. The summed E-state index contributed by atoms with van der Waals surface area (Å²) in [6.45, 7) is 0.315. The standard InChI is InChI=1S/C16H17N5O3/c1-23-13-4-2-3-12(9-13)15-19-16(14-10-17-5-6-18-14)21(20-15)11-24-8-7-22/h2-6,9-10,22H,7-8,11H2,1H3. The molecule has 0 unspecified atom stereocenters. The average molecular weight is 327 g/mol. The number of nitrogens with zero attached hydrogens (tertiary/aromatic N) is 5. The van der Waals surface area contributed by atoms with Crippen LogP contribution < -0.4 is 4.74 Å². The smallest absolute Gasteiger partial charge is 0.182 e. The van der Waals surface area contributed by atoms with Crippen molar-refractivity contribution in [1.82, 2.24) is 24.7 Å². The monoisotopic (exact) mass is 327 g/mol. The van der Waals surface area contributed by atoms with Crippen LogP contribution in [0.4, 0.5) is 0 Å². The van der Waals surface area contributed by atoms with Crippen LogP contribution in [0.5, 0.6) is 5.75 Å². The van der Waals surface area contributed by atoms with Gasteiger partial charge in [0.25, 0.3) is 0 Å². The summed E-state index contributed by atoms with van der Waals surface area (Å²) in [6, 6.07) is 7.49. The highest BCUT2D eigenvalue weighted by molar-refractivity contribution is 5.60. The molecule has 0 aliphatic carbocycles. The molecule has 0 saturated heterocycles. The lowest BCUT2D eigenvalue weighted by Crippen LogP contribution is -2.09. The predicted molar refractivity (Wildman–Crippen MR) is 86.1 cm³/mol. The first-order valence-electron chi connectivity index (χ1n) is 7.36. The van der Waals surface area contributed by atoms with E-state index in [4.69, 9.17) is 14.6 Å². The Morgan fingerprint density at radius 2 is 2.17 bits per heavy atom. The molecule has 2 aromatic heterocycles. The lowest BCUT2D eigenvalue weighted by Gasteiger charge is -2.05. The van der Waals surface area contributed by atoms with Crippen molar-refractivity contribution in [3.05, 3.63) is 42.9 Å². The minimum Gasteiger partial charge on any atom is -0.497 e. The van der Waals surface area contributed by atoms with Gasteiger partial charge < -0.3 is 14.6 Å². The maximum Gasteiger partial charge on any atom is 0.182 e. The Balaban J connectivity index is 1.98. The molecule has 8 heteroatoms. The molecule has 0 spiro atoms. The van der Waals surface area contributed by atoms with E-state index in [1.54, 1.807) is 30.4 Å². The Labute approximate surface area is 138 Å². The zero-order chi connectivity index (χ0) is 16.8. The van der Waals surface area contributed by atoms with Gasteiger partial charge in [0.2, 0.25) is 0 Å². The summed E-state index contributed by atoms with van der Waals surface area (Å²) in [6.07, 6.45) is 4.80. The molecule has 0 bridgehead atoms. The summed E-state index contributed by atoms with van der Waals surface area (Å²) >= 11 is 0. The molecular formula is C16H17N5O3. The molecular weight excluding hydrogens is 310 g/mol. The molecule has 0 saturated carbocycles. The van der Waals surface area contributed by atoms with Crippen molar-refractivity contribution in [3.8, 4) is 28.7 Å². The first-order chi connectivity index (χ1) is 11.8. The Bertz CT molecular complexity index is 791. The maximum atomic E-state index is 8.86. The first kappa shape index (κ1) is 16.0. The van der Waals surface area contributed by atoms with Crippen LogP contribution in [0.15, 0.2) is 42.9 Å². The number of ether oxygens (including phenoxy) is 2. The van der Waals surface area contributed by atoms with Crippen molar-refractivity contribution in [3.63, 3.8) is 0 Å². The molecule has 8 nitrogen and oxygen atoms in total. The van der Waals surface area contributed by atoms with Crippen molar-refractivity contribution in [2.45, 2.75) is 6.73 Å². The molecule has 0 aliphatic rings. The second-order valence-electron chi connectivity index (χ2n) is 4.84. The van der Waals surface area contributed by atoms with Crippen LogP contribution in [0.25, 0.3) is 22.9 Å².